The summed E-state index contributed by atoms with van der Waals surface area (Å²) in [5, 5.41) is 4.95. The molecule has 5 nitrogen and oxygen atoms in total. The molecule has 2 aromatic rings. The third-order valence-electron chi connectivity index (χ3n) is 3.37. The number of para-hydroxylation sites is 1. The van der Waals surface area contributed by atoms with E-state index in [-0.39, 0.29) is 5.97 Å². The molecule has 0 unspecified atom stereocenters. The Balaban J connectivity index is 2.33. The number of carbonyl (C=O) groups is 1. The van der Waals surface area contributed by atoms with E-state index in [4.69, 9.17) is 16.3 Å². The van der Waals surface area contributed by atoms with E-state index >= 15 is 0 Å². The molecule has 0 saturated carbocycles. The standard InChI is InChI=1S/C15H18ClN3O2/c1-10-14(16)13(19(3)17-10)9-18(2)12-8-6-5-7-11(12)15(20)21-4/h5-8H,9H2,1-4H3. The largest absolute Gasteiger partial charge is 0.465 e. The van der Waals surface area contributed by atoms with Gasteiger partial charge in [0.2, 0.25) is 0 Å². The van der Waals surface area contributed by atoms with Crippen LogP contribution in [0.5, 0.6) is 0 Å². The number of aryl methyl sites for hydroxylation is 2. The summed E-state index contributed by atoms with van der Waals surface area (Å²) in [6.07, 6.45) is 0. The third kappa shape index (κ3) is 3.03. The summed E-state index contributed by atoms with van der Waals surface area (Å²) >= 11 is 6.27. The molecule has 6 heteroatoms. The summed E-state index contributed by atoms with van der Waals surface area (Å²) in [6.45, 7) is 2.42. The van der Waals surface area contributed by atoms with Crippen molar-refractivity contribution < 1.29 is 9.53 Å². The maximum atomic E-state index is 11.8. The minimum absolute atomic E-state index is 0.357. The van der Waals surface area contributed by atoms with Crippen LogP contribution in [-0.2, 0) is 18.3 Å². The van der Waals surface area contributed by atoms with E-state index in [0.717, 1.165) is 17.1 Å². The summed E-state index contributed by atoms with van der Waals surface area (Å²) in [7, 11) is 5.13. The Labute approximate surface area is 129 Å². The number of ether oxygens (including phenoxy) is 1. The maximum Gasteiger partial charge on any atom is 0.339 e. The van der Waals surface area contributed by atoms with Gasteiger partial charge in [0.25, 0.3) is 0 Å². The highest BCUT2D eigenvalue weighted by Gasteiger charge is 2.17. The number of halogens is 1. The zero-order chi connectivity index (χ0) is 15.6. The Morgan fingerprint density at radius 2 is 2.10 bits per heavy atom. The van der Waals surface area contributed by atoms with Gasteiger partial charge in [-0.25, -0.2) is 4.79 Å². The molecule has 0 aliphatic rings. The van der Waals surface area contributed by atoms with Crippen LogP contribution >= 0.6 is 11.6 Å². The van der Waals surface area contributed by atoms with E-state index in [2.05, 4.69) is 5.10 Å². The van der Waals surface area contributed by atoms with Crippen molar-refractivity contribution in [3.05, 3.63) is 46.2 Å². The summed E-state index contributed by atoms with van der Waals surface area (Å²) in [5.41, 5.74) is 3.01. The van der Waals surface area contributed by atoms with Crippen LogP contribution in [-0.4, -0.2) is 29.9 Å². The number of anilines is 1. The number of hydrogen-bond acceptors (Lipinski definition) is 4. The van der Waals surface area contributed by atoms with E-state index in [0.29, 0.717) is 17.1 Å². The molecular formula is C15H18ClN3O2. The molecule has 2 rings (SSSR count). The lowest BCUT2D eigenvalue weighted by Crippen LogP contribution is -2.21. The SMILES string of the molecule is COC(=O)c1ccccc1N(C)Cc1c(Cl)c(C)nn1C. The van der Waals surface area contributed by atoms with Crippen LogP contribution < -0.4 is 4.90 Å². The predicted molar refractivity (Wildman–Crippen MR) is 82.8 cm³/mol. The van der Waals surface area contributed by atoms with Crippen LogP contribution in [0.25, 0.3) is 0 Å². The number of aromatic nitrogens is 2. The number of esters is 1. The van der Waals surface area contributed by atoms with Gasteiger partial charge in [-0.05, 0) is 19.1 Å². The summed E-state index contributed by atoms with van der Waals surface area (Å²) in [5.74, 6) is -0.357. The van der Waals surface area contributed by atoms with E-state index in [9.17, 15) is 4.79 Å². The second-order valence-corrected chi connectivity index (χ2v) is 5.21. The Morgan fingerprint density at radius 1 is 1.43 bits per heavy atom. The van der Waals surface area contributed by atoms with Gasteiger partial charge < -0.3 is 9.64 Å². The van der Waals surface area contributed by atoms with Crippen molar-refractivity contribution in [1.82, 2.24) is 9.78 Å². The molecule has 112 valence electrons. The van der Waals surface area contributed by atoms with Crippen LogP contribution in [0, 0.1) is 6.92 Å². The number of methoxy groups -OCH3 is 1. The molecule has 21 heavy (non-hydrogen) atoms. The molecule has 0 bridgehead atoms. The lowest BCUT2D eigenvalue weighted by molar-refractivity contribution is 0.0601. The first kappa shape index (κ1) is 15.4. The molecule has 0 fully saturated rings. The van der Waals surface area contributed by atoms with Crippen molar-refractivity contribution in [1.29, 1.82) is 0 Å². The smallest absolute Gasteiger partial charge is 0.339 e. The van der Waals surface area contributed by atoms with Crippen molar-refractivity contribution in [3.63, 3.8) is 0 Å². The molecule has 0 spiro atoms. The molecule has 0 N–H and O–H groups in total. The first-order valence-electron chi connectivity index (χ1n) is 6.52. The summed E-state index contributed by atoms with van der Waals surface area (Å²) < 4.78 is 6.58. The Kier molecular flexibility index (Phi) is 4.53. The van der Waals surface area contributed by atoms with Crippen molar-refractivity contribution >= 4 is 23.3 Å². The number of hydrogen-bond donors (Lipinski definition) is 0. The number of nitrogens with zero attached hydrogens (tertiary/aromatic N) is 3. The predicted octanol–water partition coefficient (Wildman–Crippen LogP) is 2.80. The lowest BCUT2D eigenvalue weighted by Gasteiger charge is -2.21. The first-order valence-corrected chi connectivity index (χ1v) is 6.90. The molecular weight excluding hydrogens is 290 g/mol. The van der Waals surface area contributed by atoms with E-state index in [1.54, 1.807) is 10.7 Å². The van der Waals surface area contributed by atoms with Gasteiger partial charge in [0.05, 0.1) is 41.3 Å². The molecule has 0 aliphatic heterocycles. The first-order chi connectivity index (χ1) is 9.95. The van der Waals surface area contributed by atoms with Crippen LogP contribution in [0.3, 0.4) is 0 Å². The van der Waals surface area contributed by atoms with E-state index in [1.165, 1.54) is 7.11 Å². The molecule has 0 radical (unpaired) electrons. The second kappa shape index (κ2) is 6.18. The van der Waals surface area contributed by atoms with Gasteiger partial charge >= 0.3 is 5.97 Å². The van der Waals surface area contributed by atoms with Crippen molar-refractivity contribution in [2.24, 2.45) is 7.05 Å². The second-order valence-electron chi connectivity index (χ2n) is 4.83. The van der Waals surface area contributed by atoms with Gasteiger partial charge in [0, 0.05) is 14.1 Å². The average molecular weight is 308 g/mol. The van der Waals surface area contributed by atoms with Gasteiger partial charge in [0.1, 0.15) is 0 Å². The van der Waals surface area contributed by atoms with Gasteiger partial charge in [-0.3, -0.25) is 4.68 Å². The highest BCUT2D eigenvalue weighted by Crippen LogP contribution is 2.25. The van der Waals surface area contributed by atoms with E-state index < -0.39 is 0 Å². The number of rotatable bonds is 4. The van der Waals surface area contributed by atoms with Crippen molar-refractivity contribution in [3.8, 4) is 0 Å². The van der Waals surface area contributed by atoms with Gasteiger partial charge in [-0.1, -0.05) is 23.7 Å². The molecule has 0 saturated heterocycles. The molecule has 1 aromatic heterocycles. The van der Waals surface area contributed by atoms with Crippen LogP contribution in [0.1, 0.15) is 21.7 Å². The van der Waals surface area contributed by atoms with Crippen molar-refractivity contribution in [2.45, 2.75) is 13.5 Å². The zero-order valence-electron chi connectivity index (χ0n) is 12.6. The fourth-order valence-corrected chi connectivity index (χ4v) is 2.47. The molecule has 0 amide bonds. The number of benzene rings is 1. The monoisotopic (exact) mass is 307 g/mol. The summed E-state index contributed by atoms with van der Waals surface area (Å²) in [4.78, 5) is 13.8. The molecule has 1 heterocycles. The summed E-state index contributed by atoms with van der Waals surface area (Å²) in [6, 6.07) is 7.32. The Morgan fingerprint density at radius 3 is 2.67 bits per heavy atom. The van der Waals surface area contributed by atoms with Gasteiger partial charge in [0.15, 0.2) is 0 Å². The molecule has 0 aliphatic carbocycles. The number of carbonyl (C=O) groups excluding carboxylic acids is 1. The van der Waals surface area contributed by atoms with Crippen LogP contribution in [0.4, 0.5) is 5.69 Å². The fraction of sp³-hybridized carbons (Fsp3) is 0.333. The molecule has 1 aromatic carbocycles. The van der Waals surface area contributed by atoms with E-state index in [1.807, 2.05) is 44.1 Å². The quantitative estimate of drug-likeness (QED) is 0.815. The minimum Gasteiger partial charge on any atom is -0.465 e. The van der Waals surface area contributed by atoms with Gasteiger partial charge in [-0.2, -0.15) is 5.10 Å². The fourth-order valence-electron chi connectivity index (χ4n) is 2.25. The molecule has 0 atom stereocenters. The zero-order valence-corrected chi connectivity index (χ0v) is 13.3. The Bertz CT molecular complexity index is 667. The lowest BCUT2D eigenvalue weighted by atomic mass is 10.1. The topological polar surface area (TPSA) is 47.4 Å². The average Bonchev–Trinajstić information content (AvgIpc) is 2.72. The van der Waals surface area contributed by atoms with Gasteiger partial charge in [-0.15, -0.1) is 0 Å². The van der Waals surface area contributed by atoms with Crippen molar-refractivity contribution in [2.75, 3.05) is 19.1 Å². The van der Waals surface area contributed by atoms with Crippen LogP contribution in [0.15, 0.2) is 24.3 Å². The highest BCUT2D eigenvalue weighted by atomic mass is 35.5. The third-order valence-corrected chi connectivity index (χ3v) is 3.86. The highest BCUT2D eigenvalue weighted by molar-refractivity contribution is 6.31. The minimum atomic E-state index is -0.357. The Hall–Kier alpha value is -2.01. The van der Waals surface area contributed by atoms with Crippen LogP contribution in [0.2, 0.25) is 5.02 Å². The normalized spacial score (nSPS) is 10.5. The maximum absolute atomic E-state index is 11.8.